The molecule has 1 aromatic carbocycles. The number of aryl methyl sites for hydroxylation is 2. The third kappa shape index (κ3) is 3.48. The van der Waals surface area contributed by atoms with Gasteiger partial charge in [-0.05, 0) is 43.3 Å². The number of benzene rings is 1. The minimum Gasteiger partial charge on any atom is -0.481 e. The predicted molar refractivity (Wildman–Crippen MR) is 129 cm³/mol. The number of carboxylic acid groups (broad SMARTS) is 1. The number of nitrogens with zero attached hydrogens (tertiary/aromatic N) is 5. The molecule has 1 aliphatic heterocycles. The van der Waals surface area contributed by atoms with E-state index in [1.54, 1.807) is 11.3 Å². The van der Waals surface area contributed by atoms with E-state index in [9.17, 15) is 15.2 Å². The zero-order chi connectivity index (χ0) is 23.3. The van der Waals surface area contributed by atoms with Crippen molar-refractivity contribution in [3.63, 3.8) is 0 Å². The van der Waals surface area contributed by atoms with Crippen LogP contribution in [0.2, 0.25) is 0 Å². The van der Waals surface area contributed by atoms with Crippen molar-refractivity contribution in [1.29, 1.82) is 5.26 Å². The molecule has 0 saturated carbocycles. The molecule has 33 heavy (non-hydrogen) atoms. The van der Waals surface area contributed by atoms with Crippen LogP contribution in [0.4, 0.5) is 0 Å². The van der Waals surface area contributed by atoms with Crippen molar-refractivity contribution in [3.05, 3.63) is 73.8 Å². The van der Waals surface area contributed by atoms with Gasteiger partial charge in [0.15, 0.2) is 5.82 Å². The Labute approximate surface area is 198 Å². The molecule has 5 rings (SSSR count). The van der Waals surface area contributed by atoms with Crippen molar-refractivity contribution in [2.45, 2.75) is 33.2 Å². The van der Waals surface area contributed by atoms with Gasteiger partial charge in [-0.2, -0.15) is 5.26 Å². The zero-order valence-corrected chi connectivity index (χ0v) is 19.8. The monoisotopic (exact) mass is 473 g/mol. The molecule has 164 valence electrons. The number of carboxylic acids is 1. The predicted octanol–water partition coefficient (Wildman–Crippen LogP) is 5.22. The molecule has 4 aromatic rings. The smallest absolute Gasteiger partial charge is 0.306 e. The lowest BCUT2D eigenvalue weighted by atomic mass is 9.97. The molecular formula is C24H19N5O2S2. The molecule has 3 aromatic heterocycles. The average molecular weight is 474 g/mol. The number of rotatable bonds is 4. The average Bonchev–Trinajstić information content (AvgIpc) is 3.47. The Hall–Kier alpha value is -3.61. The van der Waals surface area contributed by atoms with Crippen molar-refractivity contribution in [2.24, 2.45) is 4.99 Å². The molecule has 0 unspecified atom stereocenters. The Kier molecular flexibility index (Phi) is 5.19. The first-order valence-electron chi connectivity index (χ1n) is 10.3. The van der Waals surface area contributed by atoms with Gasteiger partial charge in [0.05, 0.1) is 12.1 Å². The molecule has 4 heterocycles. The molecule has 0 amide bonds. The molecule has 1 atom stereocenters. The van der Waals surface area contributed by atoms with Crippen LogP contribution in [-0.4, -0.2) is 31.6 Å². The van der Waals surface area contributed by atoms with Gasteiger partial charge in [0.1, 0.15) is 27.8 Å². The van der Waals surface area contributed by atoms with Crippen molar-refractivity contribution in [1.82, 2.24) is 14.8 Å². The largest absolute Gasteiger partial charge is 0.481 e. The van der Waals surface area contributed by atoms with Crippen molar-refractivity contribution < 1.29 is 9.90 Å². The molecule has 0 bridgehead atoms. The number of aliphatic carboxylic acids is 1. The normalized spacial score (nSPS) is 14.7. The third-order valence-corrected chi connectivity index (χ3v) is 7.86. The van der Waals surface area contributed by atoms with E-state index in [1.807, 2.05) is 47.2 Å². The maximum atomic E-state index is 11.7. The minimum atomic E-state index is -0.940. The van der Waals surface area contributed by atoms with Crippen LogP contribution in [0.3, 0.4) is 0 Å². The number of carbonyl (C=O) groups is 1. The highest BCUT2D eigenvalue weighted by Crippen LogP contribution is 2.39. The summed E-state index contributed by atoms with van der Waals surface area (Å²) in [5, 5.41) is 30.3. The van der Waals surface area contributed by atoms with E-state index < -0.39 is 12.0 Å². The Balaban J connectivity index is 1.70. The lowest BCUT2D eigenvalue weighted by Gasteiger charge is -2.11. The van der Waals surface area contributed by atoms with Crippen LogP contribution in [0.15, 0.2) is 40.7 Å². The van der Waals surface area contributed by atoms with Gasteiger partial charge in [0.2, 0.25) is 0 Å². The van der Waals surface area contributed by atoms with E-state index in [0.717, 1.165) is 43.4 Å². The first kappa shape index (κ1) is 21.2. The molecular weight excluding hydrogens is 454 g/mol. The van der Waals surface area contributed by atoms with Gasteiger partial charge in [0.25, 0.3) is 0 Å². The van der Waals surface area contributed by atoms with Crippen LogP contribution >= 0.6 is 22.7 Å². The summed E-state index contributed by atoms with van der Waals surface area (Å²) in [5.41, 5.74) is 5.60. The summed E-state index contributed by atoms with van der Waals surface area (Å²) in [6.45, 7) is 6.01. The molecule has 9 heteroatoms. The van der Waals surface area contributed by atoms with Crippen LogP contribution in [0.1, 0.15) is 50.6 Å². The standard InChI is InChI=1S/C24H19N5O2S2/c1-12-13(2)33-24-21(12)22(26-18(10-20(30)31)23-28-27-14(3)29(23)24)16-6-4-15(5-7-16)17-8-9-32-19(17)11-25/h4-9,18H,10H2,1-3H3,(H,30,31)/t18-/m0/s1. The van der Waals surface area contributed by atoms with Gasteiger partial charge in [-0.15, -0.1) is 32.9 Å². The number of aromatic nitrogens is 3. The second kappa shape index (κ2) is 8.06. The van der Waals surface area contributed by atoms with Gasteiger partial charge < -0.3 is 5.11 Å². The SMILES string of the molecule is Cc1sc2c(c1C)C(c1ccc(-c3ccsc3C#N)cc1)=N[C@@H](CC(=O)O)c1nnc(C)n1-2. The van der Waals surface area contributed by atoms with Gasteiger partial charge in [0, 0.05) is 21.6 Å². The van der Waals surface area contributed by atoms with E-state index in [1.165, 1.54) is 11.3 Å². The van der Waals surface area contributed by atoms with Gasteiger partial charge in [-0.1, -0.05) is 24.3 Å². The Morgan fingerprint density at radius 1 is 1.15 bits per heavy atom. The Bertz CT molecular complexity index is 1470. The third-order valence-electron chi connectivity index (χ3n) is 5.84. The van der Waals surface area contributed by atoms with Crippen LogP contribution in [0.5, 0.6) is 0 Å². The van der Waals surface area contributed by atoms with Crippen LogP contribution in [-0.2, 0) is 4.79 Å². The molecule has 0 radical (unpaired) electrons. The molecule has 1 N–H and O–H groups in total. The summed E-state index contributed by atoms with van der Waals surface area (Å²) in [6, 6.07) is 11.5. The molecule has 0 saturated heterocycles. The maximum Gasteiger partial charge on any atom is 0.306 e. The Morgan fingerprint density at radius 2 is 1.88 bits per heavy atom. The second-order valence-electron chi connectivity index (χ2n) is 7.85. The van der Waals surface area contributed by atoms with E-state index in [0.29, 0.717) is 16.5 Å². The van der Waals surface area contributed by atoms with Crippen molar-refractivity contribution in [2.75, 3.05) is 0 Å². The van der Waals surface area contributed by atoms with E-state index >= 15 is 0 Å². The van der Waals surface area contributed by atoms with Crippen LogP contribution < -0.4 is 0 Å². The summed E-state index contributed by atoms with van der Waals surface area (Å²) in [6.07, 6.45) is -0.173. The van der Waals surface area contributed by atoms with E-state index in [2.05, 4.69) is 30.1 Å². The number of aliphatic imine (C=N–C) groups is 1. The molecule has 0 aliphatic carbocycles. The first-order chi connectivity index (χ1) is 15.9. The fraction of sp³-hybridized carbons (Fsp3) is 0.208. The number of fused-ring (bicyclic) bond motifs is 3. The van der Waals surface area contributed by atoms with Gasteiger partial charge in [-0.25, -0.2) is 0 Å². The van der Waals surface area contributed by atoms with Crippen molar-refractivity contribution >= 4 is 34.4 Å². The van der Waals surface area contributed by atoms with Crippen molar-refractivity contribution in [3.8, 4) is 22.2 Å². The van der Waals surface area contributed by atoms with Crippen LogP contribution in [0, 0.1) is 32.1 Å². The Morgan fingerprint density at radius 3 is 2.58 bits per heavy atom. The second-order valence-corrected chi connectivity index (χ2v) is 9.97. The summed E-state index contributed by atoms with van der Waals surface area (Å²) >= 11 is 3.06. The van der Waals surface area contributed by atoms with E-state index in [-0.39, 0.29) is 6.42 Å². The van der Waals surface area contributed by atoms with E-state index in [4.69, 9.17) is 4.99 Å². The fourth-order valence-electron chi connectivity index (χ4n) is 4.12. The first-order valence-corrected chi connectivity index (χ1v) is 12.0. The highest BCUT2D eigenvalue weighted by Gasteiger charge is 2.32. The summed E-state index contributed by atoms with van der Waals surface area (Å²) < 4.78 is 1.95. The molecule has 1 aliphatic rings. The number of hydrogen-bond donors (Lipinski definition) is 1. The number of thiophene rings is 2. The van der Waals surface area contributed by atoms with Gasteiger partial charge >= 0.3 is 5.97 Å². The quantitative estimate of drug-likeness (QED) is 0.437. The summed E-state index contributed by atoms with van der Waals surface area (Å²) in [5.74, 6) is 0.308. The summed E-state index contributed by atoms with van der Waals surface area (Å²) in [7, 11) is 0. The fourth-order valence-corrected chi connectivity index (χ4v) is 6.04. The van der Waals surface area contributed by atoms with Crippen LogP contribution in [0.25, 0.3) is 16.1 Å². The summed E-state index contributed by atoms with van der Waals surface area (Å²) in [4.78, 5) is 18.5. The molecule has 0 spiro atoms. The lowest BCUT2D eigenvalue weighted by Crippen LogP contribution is -2.10. The molecule has 0 fully saturated rings. The number of hydrogen-bond acceptors (Lipinski definition) is 7. The lowest BCUT2D eigenvalue weighted by molar-refractivity contribution is -0.137. The highest BCUT2D eigenvalue weighted by molar-refractivity contribution is 7.15. The maximum absolute atomic E-state index is 11.7. The minimum absolute atomic E-state index is 0.173. The highest BCUT2D eigenvalue weighted by atomic mass is 32.1. The zero-order valence-electron chi connectivity index (χ0n) is 18.2. The van der Waals surface area contributed by atoms with Gasteiger partial charge in [-0.3, -0.25) is 14.4 Å². The molecule has 7 nitrogen and oxygen atoms in total. The number of nitriles is 1. The topological polar surface area (TPSA) is 104 Å².